The van der Waals surface area contributed by atoms with E-state index in [4.69, 9.17) is 29.0 Å². The standard InChI is InChI=1S/C54H83N3O15P2/c1-3-5-7-9-11-13-15-17-19-21-22-24-26-28-30-32-34-36-38-40-50(59)70-46(43-67-49(58)39-37-35-33-31-29-27-25-23-20-18-16-14-12-10-8-6-4-2)44-68-73(63,64)72-74(65,66)69-45-47-51(60)52(61)53(71-47)57-42-41-48(55)56-54(57)62/h5,7,11-14,17-20,22,24-25,27-28,30-31,33,41-42,46-47,51-53,60-61H,3-4,6,8-10,15-16,21,23,26,29,32,34-40,43-45H2,1-2H3,(H,63,64)(H,65,66)(H2,55,56,62)/b7-5-,13-11-,14-12-,19-17-,20-18-,24-22-,27-25-,30-28-,33-31-/t46-,47-,51+,52?,53-/m1/s1. The number of ether oxygens (including phenoxy) is 3. The third-order valence-electron chi connectivity index (χ3n) is 10.8. The maximum Gasteiger partial charge on any atom is 0.481 e. The molecule has 0 aromatic carbocycles. The average molecular weight is 1080 g/mol. The van der Waals surface area contributed by atoms with Crippen molar-refractivity contribution in [2.24, 2.45) is 0 Å². The summed E-state index contributed by atoms with van der Waals surface area (Å²) in [4.78, 5) is 61.9. The van der Waals surface area contributed by atoms with Crippen molar-refractivity contribution in [1.29, 1.82) is 0 Å². The van der Waals surface area contributed by atoms with Gasteiger partial charge in [0.1, 0.15) is 30.7 Å². The van der Waals surface area contributed by atoms with E-state index in [1.165, 1.54) is 25.3 Å². The summed E-state index contributed by atoms with van der Waals surface area (Å²) in [5.41, 5.74) is 4.58. The van der Waals surface area contributed by atoms with Gasteiger partial charge >= 0.3 is 33.3 Å². The van der Waals surface area contributed by atoms with Gasteiger partial charge in [0.15, 0.2) is 12.3 Å². The lowest BCUT2D eigenvalue weighted by molar-refractivity contribution is -0.161. The Morgan fingerprint density at radius 2 is 1.15 bits per heavy atom. The molecule has 20 heteroatoms. The van der Waals surface area contributed by atoms with Crippen LogP contribution >= 0.6 is 15.6 Å². The molecule has 2 heterocycles. The molecule has 0 radical (unpaired) electrons. The first kappa shape index (κ1) is 65.5. The number of carbonyl (C=O) groups excluding carboxylic acids is 2. The number of nitrogen functional groups attached to an aromatic ring is 1. The van der Waals surface area contributed by atoms with Crippen LogP contribution in [0.25, 0.3) is 0 Å². The lowest BCUT2D eigenvalue weighted by atomic mass is 10.1. The van der Waals surface area contributed by atoms with Crippen LogP contribution in [0.4, 0.5) is 5.82 Å². The molecule has 2 rings (SSSR count). The molecule has 3 unspecified atom stereocenters. The number of phosphoric ester groups is 2. The molecule has 0 aliphatic carbocycles. The summed E-state index contributed by atoms with van der Waals surface area (Å²) < 4.78 is 56.7. The topological polar surface area (TPSA) is 265 Å². The monoisotopic (exact) mass is 1080 g/mol. The summed E-state index contributed by atoms with van der Waals surface area (Å²) in [6, 6.07) is 1.24. The minimum absolute atomic E-state index is 0.00766. The largest absolute Gasteiger partial charge is 0.481 e. The number of carbonyl (C=O) groups is 2. The highest BCUT2D eigenvalue weighted by atomic mass is 31.3. The van der Waals surface area contributed by atoms with Gasteiger partial charge in [-0.05, 0) is 102 Å². The Morgan fingerprint density at radius 3 is 1.68 bits per heavy atom. The second-order valence-corrected chi connectivity index (χ2v) is 20.3. The van der Waals surface area contributed by atoms with Crippen LogP contribution in [-0.2, 0) is 46.3 Å². The fourth-order valence-electron chi connectivity index (χ4n) is 6.86. The van der Waals surface area contributed by atoms with E-state index in [2.05, 4.69) is 120 Å². The van der Waals surface area contributed by atoms with Gasteiger partial charge in [0.2, 0.25) is 0 Å². The second kappa shape index (κ2) is 40.7. The van der Waals surface area contributed by atoms with Crippen LogP contribution in [0.1, 0.15) is 148 Å². The molecule has 1 aliphatic heterocycles. The molecule has 0 amide bonds. The van der Waals surface area contributed by atoms with Gasteiger partial charge in [-0.25, -0.2) is 13.9 Å². The first-order valence-corrected chi connectivity index (χ1v) is 28.9. The number of anilines is 1. The van der Waals surface area contributed by atoms with Crippen molar-refractivity contribution in [3.05, 3.63) is 132 Å². The van der Waals surface area contributed by atoms with Crippen molar-refractivity contribution in [2.75, 3.05) is 25.6 Å². The zero-order valence-corrected chi connectivity index (χ0v) is 45.1. The minimum atomic E-state index is -5.45. The Labute approximate surface area is 438 Å². The second-order valence-electron chi connectivity index (χ2n) is 17.3. The molecule has 1 aliphatic rings. The molecule has 74 heavy (non-hydrogen) atoms. The van der Waals surface area contributed by atoms with Crippen molar-refractivity contribution < 1.29 is 66.3 Å². The molecular formula is C54H83N3O15P2. The smallest absolute Gasteiger partial charge is 0.462 e. The van der Waals surface area contributed by atoms with Crippen LogP contribution < -0.4 is 11.4 Å². The molecule has 6 N–H and O–H groups in total. The fraction of sp³-hybridized carbons (Fsp3) is 0.556. The van der Waals surface area contributed by atoms with Gasteiger partial charge in [-0.3, -0.25) is 23.2 Å². The van der Waals surface area contributed by atoms with E-state index in [0.717, 1.165) is 81.4 Å². The number of rotatable bonds is 41. The number of aromatic nitrogens is 2. The van der Waals surface area contributed by atoms with Crippen molar-refractivity contribution in [1.82, 2.24) is 9.55 Å². The Balaban J connectivity index is 1.84. The summed E-state index contributed by atoms with van der Waals surface area (Å²) >= 11 is 0. The lowest BCUT2D eigenvalue weighted by Crippen LogP contribution is -2.36. The van der Waals surface area contributed by atoms with Gasteiger partial charge in [-0.1, -0.05) is 142 Å². The first-order chi connectivity index (χ1) is 35.7. The van der Waals surface area contributed by atoms with E-state index < -0.39 is 83.7 Å². The zero-order chi connectivity index (χ0) is 54.1. The van der Waals surface area contributed by atoms with Crippen molar-refractivity contribution in [3.8, 4) is 0 Å². The van der Waals surface area contributed by atoms with Gasteiger partial charge in [0.05, 0.1) is 13.2 Å². The molecule has 1 aromatic rings. The molecule has 18 nitrogen and oxygen atoms in total. The van der Waals surface area contributed by atoms with E-state index in [0.29, 0.717) is 25.7 Å². The van der Waals surface area contributed by atoms with Gasteiger partial charge in [-0.15, -0.1) is 0 Å². The number of esters is 2. The van der Waals surface area contributed by atoms with Crippen LogP contribution in [0.5, 0.6) is 0 Å². The van der Waals surface area contributed by atoms with Crippen LogP contribution in [0.2, 0.25) is 0 Å². The Kier molecular flexibility index (Phi) is 36.0. The maximum atomic E-state index is 12.9. The SMILES string of the molecule is CC/C=C\C/C=C\C/C=C\C/C=C\C/C=C\CCCCCC(=O)O[C@H](COC(=O)CCC/C=C\C/C=C\C/C=C\C/C=C\CCCCC)COP(=O)(O)OP(=O)(O)OC[C@H]1O[C@@H](n2ccc(N)nc2=O)C(O)[C@H]1O. The fourth-order valence-corrected chi connectivity index (χ4v) is 8.97. The molecule has 1 aromatic heterocycles. The number of aliphatic hydroxyl groups excluding tert-OH is 2. The molecule has 0 spiro atoms. The van der Waals surface area contributed by atoms with Crippen LogP contribution in [-0.4, -0.2) is 85.7 Å². The summed E-state index contributed by atoms with van der Waals surface area (Å²) in [6.45, 7) is 1.92. The number of phosphoric acid groups is 2. The summed E-state index contributed by atoms with van der Waals surface area (Å²) in [5.74, 6) is -1.42. The quantitative estimate of drug-likeness (QED) is 0.0177. The summed E-state index contributed by atoms with van der Waals surface area (Å²) in [6.07, 6.45) is 47.4. The number of unbranched alkanes of at least 4 members (excludes halogenated alkanes) is 7. The number of hydrogen-bond donors (Lipinski definition) is 5. The zero-order valence-electron chi connectivity index (χ0n) is 43.3. The first-order valence-electron chi connectivity index (χ1n) is 25.9. The van der Waals surface area contributed by atoms with E-state index in [9.17, 15) is 43.5 Å². The molecular weight excluding hydrogens is 993 g/mol. The number of nitrogens with two attached hydrogens (primary N) is 1. The van der Waals surface area contributed by atoms with E-state index in [1.807, 2.05) is 12.2 Å². The number of nitrogens with zero attached hydrogens (tertiary/aromatic N) is 2. The van der Waals surface area contributed by atoms with Gasteiger partial charge in [0.25, 0.3) is 0 Å². The predicted octanol–water partition coefficient (Wildman–Crippen LogP) is 11.0. The number of aliphatic hydroxyl groups is 2. The maximum absolute atomic E-state index is 12.9. The van der Waals surface area contributed by atoms with Crippen molar-refractivity contribution in [2.45, 2.75) is 173 Å². The molecule has 7 atom stereocenters. The third kappa shape index (κ3) is 32.7. The summed E-state index contributed by atoms with van der Waals surface area (Å²) in [7, 11) is -10.9. The Hall–Kier alpha value is -4.58. The van der Waals surface area contributed by atoms with Crippen molar-refractivity contribution >= 4 is 33.4 Å². The third-order valence-corrected chi connectivity index (χ3v) is 13.4. The minimum Gasteiger partial charge on any atom is -0.462 e. The van der Waals surface area contributed by atoms with Crippen LogP contribution in [0.15, 0.2) is 126 Å². The Bertz CT molecular complexity index is 2170. The highest BCUT2D eigenvalue weighted by Gasteiger charge is 2.46. The molecule has 1 fully saturated rings. The molecule has 1 saturated heterocycles. The predicted molar refractivity (Wildman–Crippen MR) is 288 cm³/mol. The van der Waals surface area contributed by atoms with Crippen molar-refractivity contribution in [3.63, 3.8) is 0 Å². The van der Waals surface area contributed by atoms with Gasteiger partial charge in [0, 0.05) is 19.0 Å². The lowest BCUT2D eigenvalue weighted by Gasteiger charge is -2.21. The van der Waals surface area contributed by atoms with E-state index in [-0.39, 0.29) is 18.7 Å². The average Bonchev–Trinajstić information content (AvgIpc) is 3.64. The van der Waals surface area contributed by atoms with Gasteiger partial charge < -0.3 is 39.9 Å². The molecule has 0 bridgehead atoms. The van der Waals surface area contributed by atoms with E-state index in [1.54, 1.807) is 0 Å². The number of hydrogen-bond acceptors (Lipinski definition) is 15. The van der Waals surface area contributed by atoms with Crippen LogP contribution in [0.3, 0.4) is 0 Å². The Morgan fingerprint density at radius 1 is 0.662 bits per heavy atom. The number of allylic oxidation sites excluding steroid dienone is 18. The molecule has 414 valence electrons. The van der Waals surface area contributed by atoms with Crippen LogP contribution in [0, 0.1) is 0 Å². The highest BCUT2D eigenvalue weighted by molar-refractivity contribution is 7.61. The highest BCUT2D eigenvalue weighted by Crippen LogP contribution is 2.60. The van der Waals surface area contributed by atoms with Gasteiger partial charge in [-0.2, -0.15) is 9.29 Å². The summed E-state index contributed by atoms with van der Waals surface area (Å²) in [5, 5.41) is 20.9. The normalized spacial score (nSPS) is 19.8. The van der Waals surface area contributed by atoms with E-state index >= 15 is 0 Å². The molecule has 0 saturated carbocycles.